The summed E-state index contributed by atoms with van der Waals surface area (Å²) >= 11 is 1.53. The van der Waals surface area contributed by atoms with Crippen LogP contribution in [0.2, 0.25) is 0 Å². The van der Waals surface area contributed by atoms with Gasteiger partial charge in [-0.2, -0.15) is 0 Å². The summed E-state index contributed by atoms with van der Waals surface area (Å²) in [6.07, 6.45) is 1.08. The van der Waals surface area contributed by atoms with Gasteiger partial charge < -0.3 is 15.4 Å². The van der Waals surface area contributed by atoms with Gasteiger partial charge in [0.15, 0.2) is 6.73 Å². The molecule has 5 nitrogen and oxygen atoms in total. The molecule has 0 aliphatic carbocycles. The van der Waals surface area contributed by atoms with Crippen molar-refractivity contribution in [2.24, 2.45) is 17.6 Å². The first-order chi connectivity index (χ1) is 9.36. The first-order valence-corrected chi connectivity index (χ1v) is 7.90. The van der Waals surface area contributed by atoms with Crippen LogP contribution in [0.4, 0.5) is 0 Å². The van der Waals surface area contributed by atoms with E-state index in [0.29, 0.717) is 23.1 Å². The number of hydrogen-bond donors (Lipinski definition) is 1. The summed E-state index contributed by atoms with van der Waals surface area (Å²) in [6, 6.07) is 0. The number of carbonyl (C=O) groups is 2. The van der Waals surface area contributed by atoms with E-state index in [4.69, 9.17) is 10.5 Å². The first kappa shape index (κ1) is 16.9. The smallest absolute Gasteiger partial charge is 0.266 e. The van der Waals surface area contributed by atoms with E-state index in [0.717, 1.165) is 12.2 Å². The van der Waals surface area contributed by atoms with E-state index >= 15 is 0 Å². The number of hydrogen-bond acceptors (Lipinski definition) is 4. The highest BCUT2D eigenvalue weighted by Gasteiger charge is 2.29. The Bertz CT molecular complexity index is 409. The fraction of sp³-hybridized carbons (Fsp3) is 0.714. The Labute approximate surface area is 124 Å². The lowest BCUT2D eigenvalue weighted by Crippen LogP contribution is -2.42. The quantitative estimate of drug-likeness (QED) is 0.780. The molecule has 2 amide bonds. The van der Waals surface area contributed by atoms with Gasteiger partial charge in [0.05, 0.1) is 5.92 Å². The zero-order valence-electron chi connectivity index (χ0n) is 12.6. The van der Waals surface area contributed by atoms with Crippen molar-refractivity contribution in [3.63, 3.8) is 0 Å². The Kier molecular flexibility index (Phi) is 6.39. The van der Waals surface area contributed by atoms with Crippen molar-refractivity contribution in [3.8, 4) is 0 Å². The third-order valence-corrected chi connectivity index (χ3v) is 4.91. The van der Waals surface area contributed by atoms with Gasteiger partial charge in [0.25, 0.3) is 5.91 Å². The van der Waals surface area contributed by atoms with E-state index in [1.54, 1.807) is 11.8 Å². The average molecular weight is 300 g/mol. The SMILES string of the molecule is CCC(C)CSC1=C(C)OCN(CC(C)C(N)=O)C1=O. The zero-order valence-corrected chi connectivity index (χ0v) is 13.5. The van der Waals surface area contributed by atoms with Crippen LogP contribution in [0, 0.1) is 11.8 Å². The fourth-order valence-electron chi connectivity index (χ4n) is 1.66. The standard InChI is InChI=1S/C14H24N2O3S/c1-5-9(2)7-20-12-11(4)19-8-16(14(12)18)6-10(3)13(15)17/h9-10H,5-8H2,1-4H3,(H2,15,17). The van der Waals surface area contributed by atoms with E-state index in [-0.39, 0.29) is 18.6 Å². The molecule has 2 unspecified atom stereocenters. The van der Waals surface area contributed by atoms with E-state index < -0.39 is 5.91 Å². The van der Waals surface area contributed by atoms with E-state index in [1.165, 1.54) is 11.8 Å². The lowest BCUT2D eigenvalue weighted by atomic mass is 10.1. The number of primary amides is 1. The van der Waals surface area contributed by atoms with Gasteiger partial charge in [-0.25, -0.2) is 0 Å². The molecule has 0 aromatic carbocycles. The van der Waals surface area contributed by atoms with Crippen molar-refractivity contribution in [2.45, 2.75) is 34.1 Å². The first-order valence-electron chi connectivity index (χ1n) is 6.91. The lowest BCUT2D eigenvalue weighted by Gasteiger charge is -2.30. The predicted octanol–water partition coefficient (Wildman–Crippen LogP) is 1.93. The molecule has 1 heterocycles. The van der Waals surface area contributed by atoms with Crippen LogP contribution in [0.3, 0.4) is 0 Å². The maximum Gasteiger partial charge on any atom is 0.266 e. The molecule has 0 saturated carbocycles. The molecule has 6 heteroatoms. The van der Waals surface area contributed by atoms with Gasteiger partial charge in [-0.1, -0.05) is 27.2 Å². The van der Waals surface area contributed by atoms with Gasteiger partial charge in [0, 0.05) is 12.3 Å². The van der Waals surface area contributed by atoms with Gasteiger partial charge in [0.2, 0.25) is 5.91 Å². The fourth-order valence-corrected chi connectivity index (χ4v) is 2.86. The predicted molar refractivity (Wildman–Crippen MR) is 80.6 cm³/mol. The Morgan fingerprint density at radius 3 is 2.70 bits per heavy atom. The Morgan fingerprint density at radius 2 is 2.15 bits per heavy atom. The number of rotatable bonds is 7. The highest BCUT2D eigenvalue weighted by molar-refractivity contribution is 8.04. The van der Waals surface area contributed by atoms with Gasteiger partial charge in [-0.3, -0.25) is 9.59 Å². The van der Waals surface area contributed by atoms with Crippen molar-refractivity contribution in [3.05, 3.63) is 10.7 Å². The maximum absolute atomic E-state index is 12.4. The summed E-state index contributed by atoms with van der Waals surface area (Å²) in [5, 5.41) is 0. The number of ether oxygens (including phenoxy) is 1. The minimum atomic E-state index is -0.405. The molecular weight excluding hydrogens is 276 g/mol. The van der Waals surface area contributed by atoms with Crippen molar-refractivity contribution in [1.29, 1.82) is 0 Å². The van der Waals surface area contributed by atoms with Crippen LogP contribution < -0.4 is 5.73 Å². The maximum atomic E-state index is 12.4. The number of amides is 2. The van der Waals surface area contributed by atoms with Crippen LogP contribution in [0.5, 0.6) is 0 Å². The van der Waals surface area contributed by atoms with Crippen molar-refractivity contribution >= 4 is 23.6 Å². The van der Waals surface area contributed by atoms with Crippen molar-refractivity contribution in [2.75, 3.05) is 19.0 Å². The normalized spacial score (nSPS) is 18.8. The number of allylic oxidation sites excluding steroid dienone is 1. The van der Waals surface area contributed by atoms with Gasteiger partial charge in [-0.15, -0.1) is 11.8 Å². The molecule has 1 aliphatic rings. The van der Waals surface area contributed by atoms with Crippen molar-refractivity contribution in [1.82, 2.24) is 4.90 Å². The third-order valence-electron chi connectivity index (χ3n) is 3.43. The Balaban J connectivity index is 2.69. The molecule has 0 bridgehead atoms. The summed E-state index contributed by atoms with van der Waals surface area (Å²) in [7, 11) is 0. The molecule has 114 valence electrons. The average Bonchev–Trinajstić information content (AvgIpc) is 2.41. The second kappa shape index (κ2) is 7.57. The molecular formula is C14H24N2O3S. The van der Waals surface area contributed by atoms with E-state index in [2.05, 4.69) is 13.8 Å². The molecule has 1 rings (SSSR count). The number of thioether (sulfide) groups is 1. The number of carbonyl (C=O) groups excluding carboxylic acids is 2. The van der Waals surface area contributed by atoms with Crippen LogP contribution in [-0.4, -0.2) is 35.7 Å². The second-order valence-corrected chi connectivity index (χ2v) is 6.34. The zero-order chi connectivity index (χ0) is 15.3. The van der Waals surface area contributed by atoms with Crippen molar-refractivity contribution < 1.29 is 14.3 Å². The van der Waals surface area contributed by atoms with E-state index in [9.17, 15) is 9.59 Å². The Morgan fingerprint density at radius 1 is 1.50 bits per heavy atom. The molecule has 0 fully saturated rings. The van der Waals surface area contributed by atoms with Gasteiger partial charge >= 0.3 is 0 Å². The molecule has 2 atom stereocenters. The van der Waals surface area contributed by atoms with Gasteiger partial charge in [-0.05, 0) is 12.8 Å². The minimum absolute atomic E-state index is 0.0600. The summed E-state index contributed by atoms with van der Waals surface area (Å²) < 4.78 is 5.53. The number of nitrogens with zero attached hydrogens (tertiary/aromatic N) is 1. The third kappa shape index (κ3) is 4.44. The largest absolute Gasteiger partial charge is 0.476 e. The van der Waals surface area contributed by atoms with E-state index in [1.807, 2.05) is 6.92 Å². The summed E-state index contributed by atoms with van der Waals surface area (Å²) in [6.45, 7) is 8.31. The number of nitrogens with two attached hydrogens (primary N) is 1. The molecule has 1 aliphatic heterocycles. The lowest BCUT2D eigenvalue weighted by molar-refractivity contribution is -0.135. The van der Waals surface area contributed by atoms with Gasteiger partial charge in [0.1, 0.15) is 10.7 Å². The summed E-state index contributed by atoms with van der Waals surface area (Å²) in [5.74, 6) is 1.27. The highest BCUT2D eigenvalue weighted by atomic mass is 32.2. The van der Waals surface area contributed by atoms with Crippen LogP contribution in [-0.2, 0) is 14.3 Å². The minimum Gasteiger partial charge on any atom is -0.476 e. The molecule has 0 aromatic heterocycles. The molecule has 0 radical (unpaired) electrons. The monoisotopic (exact) mass is 300 g/mol. The summed E-state index contributed by atoms with van der Waals surface area (Å²) in [4.78, 5) is 25.7. The summed E-state index contributed by atoms with van der Waals surface area (Å²) in [5.41, 5.74) is 5.24. The Hall–Kier alpha value is -1.17. The van der Waals surface area contributed by atoms with Crippen LogP contribution in [0.1, 0.15) is 34.1 Å². The molecule has 20 heavy (non-hydrogen) atoms. The molecule has 0 spiro atoms. The molecule has 0 saturated heterocycles. The molecule has 0 aromatic rings. The highest BCUT2D eigenvalue weighted by Crippen LogP contribution is 2.29. The van der Waals surface area contributed by atoms with Crippen LogP contribution in [0.15, 0.2) is 10.7 Å². The van der Waals surface area contributed by atoms with Crippen LogP contribution in [0.25, 0.3) is 0 Å². The van der Waals surface area contributed by atoms with Crippen LogP contribution >= 0.6 is 11.8 Å². The molecule has 2 N–H and O–H groups in total. The second-order valence-electron chi connectivity index (χ2n) is 5.31. The topological polar surface area (TPSA) is 72.6 Å².